The Morgan fingerprint density at radius 1 is 1.20 bits per heavy atom. The SMILES string of the molecule is COc1cc(C)cc(N)c1NC(=O)c1ccccc1.Cl. The molecule has 0 aromatic heterocycles. The molecule has 0 aliphatic heterocycles. The van der Waals surface area contributed by atoms with Gasteiger partial charge in [0.05, 0.1) is 12.8 Å². The van der Waals surface area contributed by atoms with Gasteiger partial charge in [0.25, 0.3) is 5.91 Å². The van der Waals surface area contributed by atoms with E-state index >= 15 is 0 Å². The Morgan fingerprint density at radius 2 is 1.85 bits per heavy atom. The minimum absolute atomic E-state index is 0. The summed E-state index contributed by atoms with van der Waals surface area (Å²) in [6, 6.07) is 12.6. The predicted octanol–water partition coefficient (Wildman–Crippen LogP) is 3.26. The number of amides is 1. The molecule has 0 atom stereocenters. The highest BCUT2D eigenvalue weighted by molar-refractivity contribution is 6.06. The zero-order valence-corrected chi connectivity index (χ0v) is 12.2. The summed E-state index contributed by atoms with van der Waals surface area (Å²) in [5.74, 6) is 0.344. The van der Waals surface area contributed by atoms with Gasteiger partial charge < -0.3 is 15.8 Å². The van der Waals surface area contributed by atoms with Crippen LogP contribution in [0.25, 0.3) is 0 Å². The average Bonchev–Trinajstić information content (AvgIpc) is 2.42. The van der Waals surface area contributed by atoms with Gasteiger partial charge >= 0.3 is 0 Å². The first-order chi connectivity index (χ1) is 9.11. The molecular weight excluding hydrogens is 276 g/mol. The second kappa shape index (κ2) is 6.82. The summed E-state index contributed by atoms with van der Waals surface area (Å²) in [6.07, 6.45) is 0. The fraction of sp³-hybridized carbons (Fsp3) is 0.133. The van der Waals surface area contributed by atoms with Crippen LogP contribution in [0.2, 0.25) is 0 Å². The monoisotopic (exact) mass is 292 g/mol. The molecule has 2 aromatic rings. The minimum Gasteiger partial charge on any atom is -0.494 e. The summed E-state index contributed by atoms with van der Waals surface area (Å²) in [5, 5.41) is 2.78. The van der Waals surface area contributed by atoms with Gasteiger partial charge in [-0.1, -0.05) is 18.2 Å². The largest absolute Gasteiger partial charge is 0.494 e. The van der Waals surface area contributed by atoms with Crippen LogP contribution in [0, 0.1) is 6.92 Å². The smallest absolute Gasteiger partial charge is 0.255 e. The van der Waals surface area contributed by atoms with Crippen molar-refractivity contribution in [2.45, 2.75) is 6.92 Å². The van der Waals surface area contributed by atoms with Crippen LogP contribution in [0.15, 0.2) is 42.5 Å². The summed E-state index contributed by atoms with van der Waals surface area (Å²) in [5.41, 5.74) is 8.47. The van der Waals surface area contributed by atoms with Gasteiger partial charge in [0.2, 0.25) is 0 Å². The Hall–Kier alpha value is -2.20. The van der Waals surface area contributed by atoms with Crippen molar-refractivity contribution in [2.24, 2.45) is 0 Å². The molecule has 0 aliphatic rings. The quantitative estimate of drug-likeness (QED) is 0.854. The first-order valence-electron chi connectivity index (χ1n) is 5.92. The number of nitrogens with two attached hydrogens (primary N) is 1. The van der Waals surface area contributed by atoms with E-state index in [-0.39, 0.29) is 18.3 Å². The molecule has 0 heterocycles. The van der Waals surface area contributed by atoms with Crippen molar-refractivity contribution >= 4 is 29.7 Å². The molecule has 5 heteroatoms. The maximum Gasteiger partial charge on any atom is 0.255 e. The number of aryl methyl sites for hydroxylation is 1. The summed E-state index contributed by atoms with van der Waals surface area (Å²) < 4.78 is 5.25. The molecule has 0 saturated heterocycles. The van der Waals surface area contributed by atoms with Crippen molar-refractivity contribution in [1.29, 1.82) is 0 Å². The van der Waals surface area contributed by atoms with Crippen molar-refractivity contribution in [3.05, 3.63) is 53.6 Å². The van der Waals surface area contributed by atoms with E-state index in [2.05, 4.69) is 5.32 Å². The standard InChI is InChI=1S/C15H16N2O2.ClH/c1-10-8-12(16)14(13(9-10)19-2)17-15(18)11-6-4-3-5-7-11;/h3-9H,16H2,1-2H3,(H,17,18);1H. The molecule has 0 bridgehead atoms. The molecule has 0 radical (unpaired) electrons. The third-order valence-corrected chi connectivity index (χ3v) is 2.77. The Morgan fingerprint density at radius 3 is 2.45 bits per heavy atom. The van der Waals surface area contributed by atoms with Crippen molar-refractivity contribution < 1.29 is 9.53 Å². The minimum atomic E-state index is -0.213. The number of carbonyl (C=O) groups is 1. The van der Waals surface area contributed by atoms with Crippen LogP contribution < -0.4 is 15.8 Å². The van der Waals surface area contributed by atoms with Crippen LogP contribution in [0.4, 0.5) is 11.4 Å². The molecule has 0 fully saturated rings. The molecule has 1 amide bonds. The van der Waals surface area contributed by atoms with Crippen LogP contribution >= 0.6 is 12.4 Å². The first-order valence-corrected chi connectivity index (χ1v) is 5.92. The summed E-state index contributed by atoms with van der Waals surface area (Å²) in [4.78, 5) is 12.1. The number of methoxy groups -OCH3 is 1. The molecule has 0 aliphatic carbocycles. The molecule has 0 spiro atoms. The Kier molecular flexibility index (Phi) is 5.41. The van der Waals surface area contributed by atoms with Crippen LogP contribution in [-0.4, -0.2) is 13.0 Å². The number of ether oxygens (including phenoxy) is 1. The Balaban J connectivity index is 0.00000200. The normalized spacial score (nSPS) is 9.50. The predicted molar refractivity (Wildman–Crippen MR) is 83.8 cm³/mol. The molecular formula is C15H17ClN2O2. The number of nitrogens with one attached hydrogen (secondary N) is 1. The van der Waals surface area contributed by atoms with E-state index in [1.807, 2.05) is 31.2 Å². The molecule has 0 saturated carbocycles. The van der Waals surface area contributed by atoms with Crippen molar-refractivity contribution in [1.82, 2.24) is 0 Å². The zero-order chi connectivity index (χ0) is 13.8. The van der Waals surface area contributed by atoms with Gasteiger partial charge in [-0.05, 0) is 36.8 Å². The van der Waals surface area contributed by atoms with Gasteiger partial charge in [-0.25, -0.2) is 0 Å². The lowest BCUT2D eigenvalue weighted by atomic mass is 10.1. The highest BCUT2D eigenvalue weighted by Crippen LogP contribution is 2.32. The fourth-order valence-corrected chi connectivity index (χ4v) is 1.85. The van der Waals surface area contributed by atoms with Gasteiger partial charge in [-0.2, -0.15) is 0 Å². The van der Waals surface area contributed by atoms with E-state index in [4.69, 9.17) is 10.5 Å². The average molecular weight is 293 g/mol. The number of nitrogen functional groups attached to an aromatic ring is 1. The summed E-state index contributed by atoms with van der Waals surface area (Å²) >= 11 is 0. The zero-order valence-electron chi connectivity index (χ0n) is 11.3. The number of hydrogen-bond acceptors (Lipinski definition) is 3. The fourth-order valence-electron chi connectivity index (χ4n) is 1.85. The van der Waals surface area contributed by atoms with E-state index in [1.54, 1.807) is 25.3 Å². The van der Waals surface area contributed by atoms with Crippen molar-refractivity contribution in [3.8, 4) is 5.75 Å². The third-order valence-electron chi connectivity index (χ3n) is 2.77. The third kappa shape index (κ3) is 3.42. The second-order valence-electron chi connectivity index (χ2n) is 4.25. The van der Waals surface area contributed by atoms with Crippen LogP contribution in [0.3, 0.4) is 0 Å². The van der Waals surface area contributed by atoms with Crippen LogP contribution in [0.5, 0.6) is 5.75 Å². The lowest BCUT2D eigenvalue weighted by Gasteiger charge is -2.13. The number of carbonyl (C=O) groups excluding carboxylic acids is 1. The number of hydrogen-bond donors (Lipinski definition) is 2. The topological polar surface area (TPSA) is 64.3 Å². The molecule has 106 valence electrons. The maximum atomic E-state index is 12.1. The Bertz CT molecular complexity index is 600. The van der Waals surface area contributed by atoms with E-state index in [9.17, 15) is 4.79 Å². The van der Waals surface area contributed by atoms with Crippen LogP contribution in [-0.2, 0) is 0 Å². The molecule has 4 nitrogen and oxygen atoms in total. The molecule has 0 unspecified atom stereocenters. The van der Waals surface area contributed by atoms with Crippen molar-refractivity contribution in [2.75, 3.05) is 18.2 Å². The molecule has 2 aromatic carbocycles. The molecule has 2 rings (SSSR count). The van der Waals surface area contributed by atoms with E-state index < -0.39 is 0 Å². The summed E-state index contributed by atoms with van der Waals surface area (Å²) in [6.45, 7) is 1.92. The van der Waals surface area contributed by atoms with Crippen molar-refractivity contribution in [3.63, 3.8) is 0 Å². The molecule has 3 N–H and O–H groups in total. The Labute approximate surface area is 124 Å². The van der Waals surface area contributed by atoms with Gasteiger partial charge in [-0.15, -0.1) is 12.4 Å². The summed E-state index contributed by atoms with van der Waals surface area (Å²) in [7, 11) is 1.55. The second-order valence-corrected chi connectivity index (χ2v) is 4.25. The van der Waals surface area contributed by atoms with Gasteiger partial charge in [-0.3, -0.25) is 4.79 Å². The first kappa shape index (κ1) is 15.9. The number of benzene rings is 2. The lowest BCUT2D eigenvalue weighted by Crippen LogP contribution is -2.14. The number of halogens is 1. The molecule has 20 heavy (non-hydrogen) atoms. The highest BCUT2D eigenvalue weighted by Gasteiger charge is 2.12. The van der Waals surface area contributed by atoms with Gasteiger partial charge in [0, 0.05) is 5.56 Å². The number of anilines is 2. The lowest BCUT2D eigenvalue weighted by molar-refractivity contribution is 0.102. The number of rotatable bonds is 3. The highest BCUT2D eigenvalue weighted by atomic mass is 35.5. The van der Waals surface area contributed by atoms with E-state index in [1.165, 1.54) is 0 Å². The van der Waals surface area contributed by atoms with Gasteiger partial charge in [0.1, 0.15) is 11.4 Å². The van der Waals surface area contributed by atoms with Crippen LogP contribution in [0.1, 0.15) is 15.9 Å². The van der Waals surface area contributed by atoms with Gasteiger partial charge in [0.15, 0.2) is 0 Å². The van der Waals surface area contributed by atoms with E-state index in [0.29, 0.717) is 22.7 Å². The maximum absolute atomic E-state index is 12.1. The van der Waals surface area contributed by atoms with E-state index in [0.717, 1.165) is 5.56 Å².